The average molecular weight is 215 g/mol. The highest BCUT2D eigenvalue weighted by Crippen LogP contribution is 2.25. The van der Waals surface area contributed by atoms with Crippen molar-refractivity contribution in [2.75, 3.05) is 14.1 Å². The van der Waals surface area contributed by atoms with E-state index in [1.54, 1.807) is 0 Å². The van der Waals surface area contributed by atoms with Crippen LogP contribution >= 0.6 is 0 Å². The van der Waals surface area contributed by atoms with Gasteiger partial charge in [-0.25, -0.2) is 0 Å². The van der Waals surface area contributed by atoms with Gasteiger partial charge in [-0.2, -0.15) is 0 Å². The Morgan fingerprint density at radius 2 is 2.00 bits per heavy atom. The molecular formula is C14H17NO. The van der Waals surface area contributed by atoms with E-state index < -0.39 is 0 Å². The van der Waals surface area contributed by atoms with Gasteiger partial charge in [-0.15, -0.1) is 0 Å². The van der Waals surface area contributed by atoms with Crippen molar-refractivity contribution in [3.8, 4) is 0 Å². The molecule has 0 spiro atoms. The minimum atomic E-state index is 0.193. The lowest BCUT2D eigenvalue weighted by atomic mass is 9.86. The summed E-state index contributed by atoms with van der Waals surface area (Å²) in [7, 11) is 3.90. The minimum Gasteiger partial charge on any atom is -0.383 e. The lowest BCUT2D eigenvalue weighted by Crippen LogP contribution is -2.17. The Hall–Kier alpha value is -1.57. The van der Waals surface area contributed by atoms with Crippen LogP contribution in [-0.4, -0.2) is 24.8 Å². The molecule has 0 bridgehead atoms. The highest BCUT2D eigenvalue weighted by atomic mass is 16.1. The second-order valence-electron chi connectivity index (χ2n) is 4.61. The topological polar surface area (TPSA) is 20.3 Å². The quantitative estimate of drug-likeness (QED) is 0.671. The largest absolute Gasteiger partial charge is 0.383 e. The molecule has 0 amide bonds. The fraction of sp³-hybridized carbons (Fsp3) is 0.357. The lowest BCUT2D eigenvalue weighted by molar-refractivity contribution is 0.102. The molecular weight excluding hydrogens is 198 g/mol. The monoisotopic (exact) mass is 215 g/mol. The Bertz CT molecular complexity index is 458. The van der Waals surface area contributed by atoms with Crippen LogP contribution in [0.2, 0.25) is 0 Å². The summed E-state index contributed by atoms with van der Waals surface area (Å²) >= 11 is 0. The molecule has 0 fully saturated rings. The predicted octanol–water partition coefficient (Wildman–Crippen LogP) is 2.57. The third kappa shape index (κ3) is 2.01. The number of rotatable bonds is 1. The molecule has 0 atom stereocenters. The van der Waals surface area contributed by atoms with Gasteiger partial charge in [0.2, 0.25) is 0 Å². The molecule has 0 aliphatic heterocycles. The van der Waals surface area contributed by atoms with Gasteiger partial charge < -0.3 is 4.90 Å². The highest BCUT2D eigenvalue weighted by molar-refractivity contribution is 6.10. The van der Waals surface area contributed by atoms with Gasteiger partial charge in [-0.05, 0) is 31.4 Å². The molecule has 16 heavy (non-hydrogen) atoms. The molecule has 2 heteroatoms. The van der Waals surface area contributed by atoms with E-state index in [0.717, 1.165) is 29.5 Å². The number of allylic oxidation sites excluding steroid dienone is 1. The van der Waals surface area contributed by atoms with Gasteiger partial charge in [0.15, 0.2) is 5.78 Å². The van der Waals surface area contributed by atoms with Gasteiger partial charge in [0, 0.05) is 31.4 Å². The summed E-state index contributed by atoms with van der Waals surface area (Å²) in [5.74, 6) is 0.193. The van der Waals surface area contributed by atoms with E-state index in [0.29, 0.717) is 0 Å². The van der Waals surface area contributed by atoms with Crippen molar-refractivity contribution in [2.45, 2.75) is 19.8 Å². The van der Waals surface area contributed by atoms with Gasteiger partial charge in [0.1, 0.15) is 0 Å². The van der Waals surface area contributed by atoms with E-state index in [-0.39, 0.29) is 5.78 Å². The van der Waals surface area contributed by atoms with Crippen molar-refractivity contribution < 1.29 is 4.79 Å². The molecule has 1 aliphatic carbocycles. The van der Waals surface area contributed by atoms with Crippen LogP contribution in [0.15, 0.2) is 30.0 Å². The Kier molecular flexibility index (Phi) is 2.82. The molecule has 1 aliphatic rings. The number of hydrogen-bond donors (Lipinski definition) is 0. The standard InChI is InChI=1S/C14H17NO/c1-10-4-5-11-6-7-12(9-15(2)3)14(16)13(11)8-10/h4-5,8-9H,6-7H2,1-3H3. The van der Waals surface area contributed by atoms with Crippen molar-refractivity contribution >= 4 is 5.78 Å². The Morgan fingerprint density at radius 1 is 1.25 bits per heavy atom. The summed E-state index contributed by atoms with van der Waals surface area (Å²) in [6.45, 7) is 2.03. The number of nitrogens with zero attached hydrogens (tertiary/aromatic N) is 1. The molecule has 0 saturated carbocycles. The van der Waals surface area contributed by atoms with Crippen LogP contribution in [0.5, 0.6) is 0 Å². The van der Waals surface area contributed by atoms with Gasteiger partial charge in [0.25, 0.3) is 0 Å². The molecule has 1 aromatic carbocycles. The number of carbonyl (C=O) groups is 1. The van der Waals surface area contributed by atoms with Crippen LogP contribution in [0, 0.1) is 6.92 Å². The van der Waals surface area contributed by atoms with E-state index in [9.17, 15) is 4.79 Å². The molecule has 1 aromatic rings. The fourth-order valence-corrected chi connectivity index (χ4v) is 2.11. The van der Waals surface area contributed by atoms with Crippen molar-refractivity contribution in [1.29, 1.82) is 0 Å². The van der Waals surface area contributed by atoms with E-state index in [1.165, 1.54) is 5.56 Å². The zero-order valence-corrected chi connectivity index (χ0v) is 10.1. The fourth-order valence-electron chi connectivity index (χ4n) is 2.11. The summed E-state index contributed by atoms with van der Waals surface area (Å²) in [5, 5.41) is 0. The maximum absolute atomic E-state index is 12.2. The molecule has 0 aromatic heterocycles. The van der Waals surface area contributed by atoms with Crippen LogP contribution in [0.3, 0.4) is 0 Å². The Balaban J connectivity index is 2.42. The zero-order valence-electron chi connectivity index (χ0n) is 10.1. The first-order valence-electron chi connectivity index (χ1n) is 5.59. The third-order valence-electron chi connectivity index (χ3n) is 2.88. The Morgan fingerprint density at radius 3 is 2.69 bits per heavy atom. The van der Waals surface area contributed by atoms with Gasteiger partial charge in [-0.3, -0.25) is 4.79 Å². The maximum atomic E-state index is 12.2. The second kappa shape index (κ2) is 4.12. The summed E-state index contributed by atoms with van der Waals surface area (Å²) < 4.78 is 0. The molecule has 0 radical (unpaired) electrons. The summed E-state index contributed by atoms with van der Waals surface area (Å²) in [6, 6.07) is 6.15. The normalized spacial score (nSPS) is 17.4. The van der Waals surface area contributed by atoms with Gasteiger partial charge >= 0.3 is 0 Å². The molecule has 84 valence electrons. The highest BCUT2D eigenvalue weighted by Gasteiger charge is 2.21. The van der Waals surface area contributed by atoms with Crippen LogP contribution in [0.4, 0.5) is 0 Å². The number of Topliss-reactive ketones (excluding diaryl/α,β-unsaturated/α-hetero) is 1. The molecule has 0 unspecified atom stereocenters. The minimum absolute atomic E-state index is 0.193. The van der Waals surface area contributed by atoms with E-state index in [4.69, 9.17) is 0 Å². The van der Waals surface area contributed by atoms with Crippen molar-refractivity contribution in [3.05, 3.63) is 46.7 Å². The second-order valence-corrected chi connectivity index (χ2v) is 4.61. The first kappa shape index (κ1) is 10.9. The van der Waals surface area contributed by atoms with E-state index in [2.05, 4.69) is 12.1 Å². The number of carbonyl (C=O) groups excluding carboxylic acids is 1. The molecule has 2 nitrogen and oxygen atoms in total. The summed E-state index contributed by atoms with van der Waals surface area (Å²) in [6.07, 6.45) is 3.77. The summed E-state index contributed by atoms with van der Waals surface area (Å²) in [4.78, 5) is 14.1. The SMILES string of the molecule is Cc1ccc2c(c1)C(=O)C(=CN(C)C)CC2. The number of fused-ring (bicyclic) bond motifs is 1. The first-order chi connectivity index (χ1) is 7.58. The van der Waals surface area contributed by atoms with E-state index in [1.807, 2.05) is 38.2 Å². The number of ketones is 1. The molecule has 0 saturated heterocycles. The third-order valence-corrected chi connectivity index (χ3v) is 2.88. The van der Waals surface area contributed by atoms with Crippen molar-refractivity contribution in [3.63, 3.8) is 0 Å². The van der Waals surface area contributed by atoms with Crippen LogP contribution < -0.4 is 0 Å². The van der Waals surface area contributed by atoms with Crippen LogP contribution in [0.1, 0.15) is 27.9 Å². The van der Waals surface area contributed by atoms with E-state index >= 15 is 0 Å². The van der Waals surface area contributed by atoms with Crippen LogP contribution in [0.25, 0.3) is 0 Å². The number of benzene rings is 1. The van der Waals surface area contributed by atoms with Crippen molar-refractivity contribution in [2.24, 2.45) is 0 Å². The van der Waals surface area contributed by atoms with Gasteiger partial charge in [0.05, 0.1) is 0 Å². The average Bonchev–Trinajstić information content (AvgIpc) is 2.22. The smallest absolute Gasteiger partial charge is 0.190 e. The number of hydrogen-bond acceptors (Lipinski definition) is 2. The first-order valence-corrected chi connectivity index (χ1v) is 5.59. The van der Waals surface area contributed by atoms with Gasteiger partial charge in [-0.1, -0.05) is 17.7 Å². The predicted molar refractivity (Wildman–Crippen MR) is 65.6 cm³/mol. The zero-order chi connectivity index (χ0) is 11.7. The number of aryl methyl sites for hydroxylation is 2. The van der Waals surface area contributed by atoms with Crippen molar-refractivity contribution in [1.82, 2.24) is 4.90 Å². The maximum Gasteiger partial charge on any atom is 0.190 e. The van der Waals surface area contributed by atoms with Crippen LogP contribution in [-0.2, 0) is 6.42 Å². The molecule has 0 heterocycles. The summed E-state index contributed by atoms with van der Waals surface area (Å²) in [5.41, 5.74) is 4.15. The molecule has 0 N–H and O–H groups in total. The Labute approximate surface area is 96.6 Å². The molecule has 2 rings (SSSR count). The lowest BCUT2D eigenvalue weighted by Gasteiger charge is -2.19.